The van der Waals surface area contributed by atoms with E-state index >= 15 is 0 Å². The van der Waals surface area contributed by atoms with Gasteiger partial charge in [0.05, 0.1) is 18.7 Å². The fourth-order valence-corrected chi connectivity index (χ4v) is 3.71. The number of sulfonamides is 1. The van der Waals surface area contributed by atoms with Crippen LogP contribution in [0.2, 0.25) is 0 Å². The summed E-state index contributed by atoms with van der Waals surface area (Å²) in [5.41, 5.74) is -0.234. The average molecular weight is 393 g/mol. The zero-order chi connectivity index (χ0) is 20.2. The number of ether oxygens (including phenoxy) is 2. The van der Waals surface area contributed by atoms with Gasteiger partial charge in [0.25, 0.3) is 0 Å². The van der Waals surface area contributed by atoms with Crippen LogP contribution in [0, 0.1) is 22.7 Å². The van der Waals surface area contributed by atoms with Crippen molar-refractivity contribution < 1.29 is 27.5 Å². The summed E-state index contributed by atoms with van der Waals surface area (Å²) in [5.74, 6) is -2.87. The van der Waals surface area contributed by atoms with Gasteiger partial charge in [0.1, 0.15) is 16.6 Å². The Hall–Kier alpha value is -2.77. The van der Waals surface area contributed by atoms with Crippen molar-refractivity contribution in [2.75, 3.05) is 13.7 Å². The van der Waals surface area contributed by atoms with Crippen LogP contribution in [-0.2, 0) is 19.6 Å². The second-order valence-corrected chi connectivity index (χ2v) is 7.73. The molecule has 0 saturated heterocycles. The fraction of sp³-hybridized carbons (Fsp3) is 0.412. The first-order valence-corrected chi connectivity index (χ1v) is 9.52. The number of hydrogen-bond donors (Lipinski definition) is 2. The number of hydrogen-bond acceptors (Lipinski definition) is 8. The summed E-state index contributed by atoms with van der Waals surface area (Å²) in [6.45, 7) is 0.614. The van der Waals surface area contributed by atoms with Crippen LogP contribution in [0.15, 0.2) is 23.1 Å². The Balaban J connectivity index is 2.17. The number of ketones is 1. The number of benzene rings is 1. The summed E-state index contributed by atoms with van der Waals surface area (Å²) in [5, 5.41) is 16.2. The summed E-state index contributed by atoms with van der Waals surface area (Å²) in [7, 11) is -2.57. The lowest BCUT2D eigenvalue weighted by molar-refractivity contribution is -0.122. The first kappa shape index (κ1) is 20.5. The van der Waals surface area contributed by atoms with Gasteiger partial charge in [-0.15, -0.1) is 0 Å². The summed E-state index contributed by atoms with van der Waals surface area (Å²) in [6, 6.07) is 5.28. The van der Waals surface area contributed by atoms with Crippen LogP contribution in [-0.4, -0.2) is 45.6 Å². The molecule has 1 unspecified atom stereocenters. The maximum atomic E-state index is 12.4. The normalized spacial score (nSPS) is 14.7. The number of rotatable bonds is 9. The molecule has 1 aromatic carbocycles. The van der Waals surface area contributed by atoms with Gasteiger partial charge in [-0.2, -0.15) is 5.26 Å². The predicted molar refractivity (Wildman–Crippen MR) is 94.1 cm³/mol. The van der Waals surface area contributed by atoms with Gasteiger partial charge in [-0.1, -0.05) is 0 Å². The lowest BCUT2D eigenvalue weighted by atomic mass is 10.0. The molecule has 2 rings (SSSR count). The summed E-state index contributed by atoms with van der Waals surface area (Å²) >= 11 is 0. The lowest BCUT2D eigenvalue weighted by Gasteiger charge is -2.12. The molecule has 1 fully saturated rings. The van der Waals surface area contributed by atoms with E-state index in [0.29, 0.717) is 0 Å². The van der Waals surface area contributed by atoms with Gasteiger partial charge in [0, 0.05) is 11.8 Å². The van der Waals surface area contributed by atoms with Crippen LogP contribution < -0.4 is 9.46 Å². The first-order valence-electron chi connectivity index (χ1n) is 8.04. The number of esters is 1. The second kappa shape index (κ2) is 8.28. The Morgan fingerprint density at radius 3 is 2.59 bits per heavy atom. The maximum absolute atomic E-state index is 12.4. The number of carbonyl (C=O) groups excluding carboxylic acids is 2. The molecule has 0 heterocycles. The summed E-state index contributed by atoms with van der Waals surface area (Å²) < 4.78 is 37.3. The van der Waals surface area contributed by atoms with Gasteiger partial charge < -0.3 is 14.9 Å². The molecule has 0 spiro atoms. The number of methoxy groups -OCH3 is 1. The predicted octanol–water partition coefficient (Wildman–Crippen LogP) is 1.04. The third-order valence-corrected chi connectivity index (χ3v) is 5.36. The topological polar surface area (TPSA) is 146 Å². The summed E-state index contributed by atoms with van der Waals surface area (Å²) in [4.78, 5) is 23.8. The molecule has 2 N–H and O–H groups in total. The van der Waals surface area contributed by atoms with Crippen molar-refractivity contribution in [3.63, 3.8) is 0 Å². The summed E-state index contributed by atoms with van der Waals surface area (Å²) in [6.07, 6.45) is 1.50. The second-order valence-electron chi connectivity index (χ2n) is 6.05. The molecule has 0 amide bonds. The smallest absolute Gasteiger partial charge is 0.338 e. The van der Waals surface area contributed by atoms with Gasteiger partial charge >= 0.3 is 5.97 Å². The monoisotopic (exact) mass is 393 g/mol. The van der Waals surface area contributed by atoms with Gasteiger partial charge in [-0.05, 0) is 38.0 Å². The third-order valence-electron chi connectivity index (χ3n) is 3.82. The van der Waals surface area contributed by atoms with Crippen molar-refractivity contribution in [3.05, 3.63) is 23.8 Å². The van der Waals surface area contributed by atoms with E-state index in [2.05, 4.69) is 4.72 Å². The molecule has 1 aliphatic carbocycles. The molecule has 1 saturated carbocycles. The molecule has 27 heavy (non-hydrogen) atoms. The minimum Gasteiger partial charge on any atom is -0.495 e. The van der Waals surface area contributed by atoms with Crippen LogP contribution in [0.3, 0.4) is 0 Å². The van der Waals surface area contributed by atoms with Crippen molar-refractivity contribution in [2.24, 2.45) is 5.92 Å². The van der Waals surface area contributed by atoms with Crippen LogP contribution in [0.5, 0.6) is 5.75 Å². The van der Waals surface area contributed by atoms with Crippen LogP contribution in [0.4, 0.5) is 0 Å². The third kappa shape index (κ3) is 5.12. The molecular formula is C17H19N3O6S. The van der Waals surface area contributed by atoms with E-state index < -0.39 is 34.3 Å². The van der Waals surface area contributed by atoms with E-state index in [1.807, 2.05) is 0 Å². The van der Waals surface area contributed by atoms with E-state index in [0.717, 1.165) is 18.9 Å². The number of carbonyl (C=O) groups is 2. The Bertz CT molecular complexity index is 915. The molecular weight excluding hydrogens is 374 g/mol. The van der Waals surface area contributed by atoms with Gasteiger partial charge in [-0.25, -0.2) is 17.9 Å². The number of Topliss-reactive ketones (excluding diaryl/α,β-unsaturated/α-hetero) is 1. The SMILES string of the molecule is COc1ccc(C(=O)OCC(=O)C(C#N)C(C)=N)cc1S(=O)(=O)NC1CC1. The molecule has 1 aromatic rings. The zero-order valence-electron chi connectivity index (χ0n) is 14.8. The molecule has 0 aliphatic heterocycles. The first-order chi connectivity index (χ1) is 12.7. The van der Waals surface area contributed by atoms with Crippen LogP contribution in [0.1, 0.15) is 30.1 Å². The minimum atomic E-state index is -3.88. The largest absolute Gasteiger partial charge is 0.495 e. The quantitative estimate of drug-likeness (QED) is 0.470. The van der Waals surface area contributed by atoms with E-state index in [-0.39, 0.29) is 28.0 Å². The van der Waals surface area contributed by atoms with Gasteiger partial charge in [-0.3, -0.25) is 4.79 Å². The van der Waals surface area contributed by atoms with E-state index in [1.54, 1.807) is 6.07 Å². The standard InChI is InChI=1S/C17H19N3O6S/c1-10(19)13(8-18)14(21)9-26-17(22)11-3-6-15(25-2)16(7-11)27(23,24)20-12-4-5-12/h3,6-7,12-13,19-20H,4-5,9H2,1-2H3. The fourth-order valence-electron chi connectivity index (χ4n) is 2.21. The highest BCUT2D eigenvalue weighted by molar-refractivity contribution is 7.89. The van der Waals surface area contributed by atoms with Crippen molar-refractivity contribution in [1.82, 2.24) is 4.72 Å². The highest BCUT2D eigenvalue weighted by atomic mass is 32.2. The Morgan fingerprint density at radius 2 is 2.07 bits per heavy atom. The number of nitrogens with one attached hydrogen (secondary N) is 2. The van der Waals surface area contributed by atoms with Crippen LogP contribution in [0.25, 0.3) is 0 Å². The molecule has 10 heteroatoms. The Kier molecular flexibility index (Phi) is 6.30. The van der Waals surface area contributed by atoms with E-state index in [1.165, 1.54) is 26.2 Å². The highest BCUT2D eigenvalue weighted by Gasteiger charge is 2.30. The molecule has 144 valence electrons. The zero-order valence-corrected chi connectivity index (χ0v) is 15.6. The highest BCUT2D eigenvalue weighted by Crippen LogP contribution is 2.28. The van der Waals surface area contributed by atoms with E-state index in [9.17, 15) is 18.0 Å². The van der Waals surface area contributed by atoms with Gasteiger partial charge in [0.2, 0.25) is 10.0 Å². The molecule has 1 aliphatic rings. The van der Waals surface area contributed by atoms with Gasteiger partial charge in [0.15, 0.2) is 12.4 Å². The van der Waals surface area contributed by atoms with Crippen molar-refractivity contribution in [1.29, 1.82) is 10.7 Å². The Labute approximate surface area is 156 Å². The minimum absolute atomic E-state index is 0.0692. The molecule has 1 atom stereocenters. The average Bonchev–Trinajstić information content (AvgIpc) is 3.42. The van der Waals surface area contributed by atoms with Crippen LogP contribution >= 0.6 is 0 Å². The molecule has 0 aromatic heterocycles. The maximum Gasteiger partial charge on any atom is 0.338 e. The molecule has 0 bridgehead atoms. The molecule has 9 nitrogen and oxygen atoms in total. The van der Waals surface area contributed by atoms with Crippen molar-refractivity contribution in [2.45, 2.75) is 30.7 Å². The number of nitrogens with zero attached hydrogens (tertiary/aromatic N) is 1. The number of nitriles is 1. The molecule has 0 radical (unpaired) electrons. The van der Waals surface area contributed by atoms with Crippen molar-refractivity contribution >= 4 is 27.5 Å². The lowest BCUT2D eigenvalue weighted by Crippen LogP contribution is -2.27. The Morgan fingerprint density at radius 1 is 1.41 bits per heavy atom. The van der Waals surface area contributed by atoms with Crippen molar-refractivity contribution in [3.8, 4) is 11.8 Å². The van der Waals surface area contributed by atoms with E-state index in [4.69, 9.17) is 20.1 Å².